The Bertz CT molecular complexity index is 266. The Hall–Kier alpha value is -1.10. The van der Waals surface area contributed by atoms with Gasteiger partial charge in [-0.1, -0.05) is 20.3 Å². The molecule has 0 aliphatic heterocycles. The zero-order chi connectivity index (χ0) is 13.6. The second-order valence-electron chi connectivity index (χ2n) is 4.68. The molecule has 2 atom stereocenters. The fourth-order valence-electron chi connectivity index (χ4n) is 1.53. The lowest BCUT2D eigenvalue weighted by Crippen LogP contribution is -2.50. The van der Waals surface area contributed by atoms with E-state index in [2.05, 4.69) is 0 Å². The number of rotatable bonds is 7. The minimum Gasteiger partial charge on any atom is -0.481 e. The molecular weight excluding hydrogens is 220 g/mol. The highest BCUT2D eigenvalue weighted by atomic mass is 16.4. The highest BCUT2D eigenvalue weighted by molar-refractivity contribution is 5.82. The van der Waals surface area contributed by atoms with Gasteiger partial charge in [0.25, 0.3) is 0 Å². The summed E-state index contributed by atoms with van der Waals surface area (Å²) in [7, 11) is 0. The molecule has 0 aromatic rings. The number of nitrogens with zero attached hydrogens (tertiary/aromatic N) is 1. The number of nitrogens with two attached hydrogens (primary N) is 1. The molecule has 1 amide bonds. The Morgan fingerprint density at radius 3 is 2.18 bits per heavy atom. The van der Waals surface area contributed by atoms with Crippen molar-refractivity contribution in [3.63, 3.8) is 0 Å². The van der Waals surface area contributed by atoms with Gasteiger partial charge in [0, 0.05) is 12.6 Å². The Morgan fingerprint density at radius 2 is 1.82 bits per heavy atom. The number of carbonyl (C=O) groups excluding carboxylic acids is 1. The highest BCUT2D eigenvalue weighted by Gasteiger charge is 2.26. The topological polar surface area (TPSA) is 83.6 Å². The summed E-state index contributed by atoms with van der Waals surface area (Å²) in [4.78, 5) is 24.2. The van der Waals surface area contributed by atoms with Crippen LogP contribution in [-0.2, 0) is 9.59 Å². The molecule has 5 heteroatoms. The van der Waals surface area contributed by atoms with Crippen molar-refractivity contribution in [2.24, 2.45) is 11.7 Å². The lowest BCUT2D eigenvalue weighted by atomic mass is 9.98. The van der Waals surface area contributed by atoms with Gasteiger partial charge in [-0.2, -0.15) is 0 Å². The molecule has 1 unspecified atom stereocenters. The lowest BCUT2D eigenvalue weighted by Gasteiger charge is -2.30. The van der Waals surface area contributed by atoms with E-state index in [9.17, 15) is 9.59 Å². The van der Waals surface area contributed by atoms with Crippen LogP contribution in [0.4, 0.5) is 0 Å². The Labute approximate surface area is 103 Å². The van der Waals surface area contributed by atoms with Gasteiger partial charge < -0.3 is 15.7 Å². The third-order valence-electron chi connectivity index (χ3n) is 3.02. The van der Waals surface area contributed by atoms with Crippen molar-refractivity contribution >= 4 is 11.9 Å². The largest absolute Gasteiger partial charge is 0.481 e. The van der Waals surface area contributed by atoms with Crippen LogP contribution in [0.15, 0.2) is 0 Å². The Morgan fingerprint density at radius 1 is 1.29 bits per heavy atom. The summed E-state index contributed by atoms with van der Waals surface area (Å²) in [5.74, 6) is -0.954. The molecule has 100 valence electrons. The molecule has 0 bridgehead atoms. The van der Waals surface area contributed by atoms with Crippen molar-refractivity contribution in [3.05, 3.63) is 0 Å². The van der Waals surface area contributed by atoms with E-state index >= 15 is 0 Å². The number of amides is 1. The van der Waals surface area contributed by atoms with Crippen molar-refractivity contribution in [3.8, 4) is 0 Å². The second kappa shape index (κ2) is 7.27. The zero-order valence-electron chi connectivity index (χ0n) is 11.1. The summed E-state index contributed by atoms with van der Waals surface area (Å²) >= 11 is 0. The van der Waals surface area contributed by atoms with Crippen LogP contribution in [0.1, 0.15) is 40.5 Å². The van der Waals surface area contributed by atoms with Gasteiger partial charge >= 0.3 is 5.97 Å². The molecule has 0 radical (unpaired) electrons. The average Bonchev–Trinajstić information content (AvgIpc) is 2.25. The van der Waals surface area contributed by atoms with Gasteiger partial charge in [-0.05, 0) is 19.8 Å². The van der Waals surface area contributed by atoms with Crippen molar-refractivity contribution in [1.82, 2.24) is 4.90 Å². The van der Waals surface area contributed by atoms with Gasteiger partial charge in [-0.3, -0.25) is 9.59 Å². The predicted molar refractivity (Wildman–Crippen MR) is 66.5 cm³/mol. The number of aliphatic carboxylic acids is 1. The number of hydrogen-bond donors (Lipinski definition) is 2. The van der Waals surface area contributed by atoms with Gasteiger partial charge in [0.1, 0.15) is 0 Å². The summed E-state index contributed by atoms with van der Waals surface area (Å²) in [5.41, 5.74) is 5.88. The lowest BCUT2D eigenvalue weighted by molar-refractivity contribution is -0.140. The number of hydrogen-bond acceptors (Lipinski definition) is 3. The quantitative estimate of drug-likeness (QED) is 0.701. The zero-order valence-corrected chi connectivity index (χ0v) is 11.1. The molecule has 0 aromatic heterocycles. The minimum atomic E-state index is -0.902. The van der Waals surface area contributed by atoms with E-state index in [0.29, 0.717) is 0 Å². The minimum absolute atomic E-state index is 0.0306. The molecule has 0 fully saturated rings. The Kier molecular flexibility index (Phi) is 6.80. The van der Waals surface area contributed by atoms with Crippen LogP contribution in [0, 0.1) is 5.92 Å². The van der Waals surface area contributed by atoms with Crippen LogP contribution in [0.25, 0.3) is 0 Å². The fraction of sp³-hybridized carbons (Fsp3) is 0.833. The van der Waals surface area contributed by atoms with Gasteiger partial charge in [0.15, 0.2) is 0 Å². The first-order chi connectivity index (χ1) is 7.81. The van der Waals surface area contributed by atoms with E-state index < -0.39 is 12.0 Å². The molecule has 0 saturated heterocycles. The maximum Gasteiger partial charge on any atom is 0.305 e. The summed E-state index contributed by atoms with van der Waals surface area (Å²) in [6.45, 7) is 7.86. The standard InChI is InChI=1S/C12H24N2O3/c1-5-9(4)11(13)12(17)14(8(2)3)7-6-10(15)16/h8-9,11H,5-7,13H2,1-4H3,(H,15,16)/t9?,11-/m0/s1. The highest BCUT2D eigenvalue weighted by Crippen LogP contribution is 2.11. The monoisotopic (exact) mass is 244 g/mol. The average molecular weight is 244 g/mol. The molecule has 0 heterocycles. The first-order valence-electron chi connectivity index (χ1n) is 6.09. The van der Waals surface area contributed by atoms with Gasteiger partial charge in [-0.15, -0.1) is 0 Å². The van der Waals surface area contributed by atoms with Crippen molar-refractivity contribution in [2.75, 3.05) is 6.54 Å². The molecule has 0 spiro atoms. The Balaban J connectivity index is 4.59. The third kappa shape index (κ3) is 5.17. The van der Waals surface area contributed by atoms with Crippen molar-refractivity contribution in [2.45, 2.75) is 52.6 Å². The summed E-state index contributed by atoms with van der Waals surface area (Å²) in [6, 6.07) is -0.576. The SMILES string of the molecule is CCC(C)[C@H](N)C(=O)N(CCC(=O)O)C(C)C. The summed E-state index contributed by atoms with van der Waals surface area (Å²) in [6.07, 6.45) is 0.787. The van der Waals surface area contributed by atoms with Crippen LogP contribution in [-0.4, -0.2) is 40.5 Å². The van der Waals surface area contributed by atoms with E-state index in [4.69, 9.17) is 10.8 Å². The molecule has 17 heavy (non-hydrogen) atoms. The number of carboxylic acids is 1. The van der Waals surface area contributed by atoms with E-state index in [1.54, 1.807) is 4.90 Å². The van der Waals surface area contributed by atoms with E-state index in [0.717, 1.165) is 6.42 Å². The van der Waals surface area contributed by atoms with Gasteiger partial charge in [0.2, 0.25) is 5.91 Å². The normalized spacial score (nSPS) is 14.5. The number of carboxylic acid groups (broad SMARTS) is 1. The van der Waals surface area contributed by atoms with Crippen LogP contribution >= 0.6 is 0 Å². The first kappa shape index (κ1) is 15.9. The predicted octanol–water partition coefficient (Wildman–Crippen LogP) is 1.07. The maximum atomic E-state index is 12.1. The summed E-state index contributed by atoms with van der Waals surface area (Å²) in [5, 5.41) is 8.65. The molecule has 0 aliphatic carbocycles. The van der Waals surface area contributed by atoms with Crippen LogP contribution in [0.3, 0.4) is 0 Å². The van der Waals surface area contributed by atoms with Crippen LogP contribution in [0.5, 0.6) is 0 Å². The molecule has 0 saturated carbocycles. The molecule has 5 nitrogen and oxygen atoms in total. The van der Waals surface area contributed by atoms with E-state index in [1.165, 1.54) is 0 Å². The first-order valence-corrected chi connectivity index (χ1v) is 6.09. The number of carbonyl (C=O) groups is 2. The molecule has 0 aromatic carbocycles. The van der Waals surface area contributed by atoms with Crippen LogP contribution in [0.2, 0.25) is 0 Å². The molecule has 0 rings (SSSR count). The van der Waals surface area contributed by atoms with Gasteiger partial charge in [0.05, 0.1) is 12.5 Å². The third-order valence-corrected chi connectivity index (χ3v) is 3.02. The fourth-order valence-corrected chi connectivity index (χ4v) is 1.53. The smallest absolute Gasteiger partial charge is 0.305 e. The molecule has 0 aliphatic rings. The second-order valence-corrected chi connectivity index (χ2v) is 4.68. The maximum absolute atomic E-state index is 12.1. The van der Waals surface area contributed by atoms with Gasteiger partial charge in [-0.25, -0.2) is 0 Å². The molecule has 3 N–H and O–H groups in total. The van der Waals surface area contributed by atoms with Crippen molar-refractivity contribution in [1.29, 1.82) is 0 Å². The van der Waals surface area contributed by atoms with E-state index in [1.807, 2.05) is 27.7 Å². The van der Waals surface area contributed by atoms with E-state index in [-0.39, 0.29) is 30.8 Å². The summed E-state index contributed by atoms with van der Waals surface area (Å²) < 4.78 is 0. The van der Waals surface area contributed by atoms with Crippen molar-refractivity contribution < 1.29 is 14.7 Å². The molecular formula is C12H24N2O3. The van der Waals surface area contributed by atoms with Crippen LogP contribution < -0.4 is 5.73 Å².